The summed E-state index contributed by atoms with van der Waals surface area (Å²) in [5.41, 5.74) is 3.19. The summed E-state index contributed by atoms with van der Waals surface area (Å²) >= 11 is 0. The second kappa shape index (κ2) is 12.1. The lowest BCUT2D eigenvalue weighted by atomic mass is 10.0. The van der Waals surface area contributed by atoms with Crippen molar-refractivity contribution in [1.82, 2.24) is 24.8 Å². The number of rotatable bonds is 10. The van der Waals surface area contributed by atoms with E-state index in [-0.39, 0.29) is 18.7 Å². The molecule has 0 aliphatic carbocycles. The summed E-state index contributed by atoms with van der Waals surface area (Å²) in [6.45, 7) is 1.36. The zero-order valence-corrected chi connectivity index (χ0v) is 22.7. The number of carbonyl (C=O) groups excluding carboxylic acids is 1. The molecule has 3 aromatic heterocycles. The van der Waals surface area contributed by atoms with Gasteiger partial charge in [0.1, 0.15) is 23.6 Å². The SMILES string of the molecule is CN(C)CCOc1cc(CNC(=O)c2cccn(Cc3ccc(F)c(F)c3)c2=O)cc(-c2c[nH]c3ncccc23)c1. The van der Waals surface area contributed by atoms with Crippen molar-refractivity contribution in [3.63, 3.8) is 0 Å². The number of aromatic amines is 1. The maximum absolute atomic E-state index is 13.6. The summed E-state index contributed by atoms with van der Waals surface area (Å²) in [7, 11) is 3.93. The van der Waals surface area contributed by atoms with Crippen molar-refractivity contribution < 1.29 is 18.3 Å². The van der Waals surface area contributed by atoms with E-state index in [4.69, 9.17) is 4.74 Å². The van der Waals surface area contributed by atoms with Crippen molar-refractivity contribution >= 4 is 16.9 Å². The summed E-state index contributed by atoms with van der Waals surface area (Å²) < 4.78 is 34.2. The fourth-order valence-corrected chi connectivity index (χ4v) is 4.49. The van der Waals surface area contributed by atoms with Crippen LogP contribution in [-0.4, -0.2) is 52.6 Å². The summed E-state index contributed by atoms with van der Waals surface area (Å²) in [4.78, 5) is 35.7. The molecule has 0 spiro atoms. The average molecular weight is 558 g/mol. The lowest BCUT2D eigenvalue weighted by molar-refractivity contribution is 0.0948. The molecule has 0 fully saturated rings. The first kappa shape index (κ1) is 27.7. The number of amides is 1. The molecule has 10 heteroatoms. The van der Waals surface area contributed by atoms with E-state index in [1.807, 2.05) is 55.5 Å². The highest BCUT2D eigenvalue weighted by molar-refractivity contribution is 5.94. The maximum Gasteiger partial charge on any atom is 0.263 e. The molecule has 2 aromatic carbocycles. The van der Waals surface area contributed by atoms with Crippen molar-refractivity contribution in [2.45, 2.75) is 13.1 Å². The topological polar surface area (TPSA) is 92.2 Å². The third kappa shape index (κ3) is 6.50. The van der Waals surface area contributed by atoms with Crippen LogP contribution in [0.3, 0.4) is 0 Å². The highest BCUT2D eigenvalue weighted by Crippen LogP contribution is 2.31. The number of fused-ring (bicyclic) bond motifs is 1. The number of carbonyl (C=O) groups is 1. The van der Waals surface area contributed by atoms with E-state index in [1.54, 1.807) is 12.3 Å². The molecule has 0 saturated heterocycles. The van der Waals surface area contributed by atoms with Crippen LogP contribution < -0.4 is 15.6 Å². The van der Waals surface area contributed by atoms with Crippen LogP contribution in [0.2, 0.25) is 0 Å². The normalized spacial score (nSPS) is 11.2. The molecule has 5 rings (SSSR count). The molecule has 3 heterocycles. The zero-order chi connectivity index (χ0) is 28.9. The van der Waals surface area contributed by atoms with Gasteiger partial charge in [-0.2, -0.15) is 0 Å². The Hall–Kier alpha value is -4.83. The molecule has 0 bridgehead atoms. The van der Waals surface area contributed by atoms with Crippen molar-refractivity contribution in [3.05, 3.63) is 118 Å². The van der Waals surface area contributed by atoms with E-state index in [2.05, 4.69) is 15.3 Å². The Bertz CT molecular complexity index is 1760. The van der Waals surface area contributed by atoms with Gasteiger partial charge >= 0.3 is 0 Å². The first-order valence-electron chi connectivity index (χ1n) is 13.0. The van der Waals surface area contributed by atoms with Crippen LogP contribution >= 0.6 is 0 Å². The number of H-pyrrole nitrogens is 1. The van der Waals surface area contributed by atoms with Gasteiger partial charge in [0.05, 0.1) is 6.54 Å². The molecule has 2 N–H and O–H groups in total. The molecule has 0 aliphatic heterocycles. The lowest BCUT2D eigenvalue weighted by Crippen LogP contribution is -2.32. The smallest absolute Gasteiger partial charge is 0.263 e. The second-order valence-electron chi connectivity index (χ2n) is 9.91. The standard InChI is InChI=1S/C31H29F2N5O3/c1-37(2)11-12-41-23-14-21(13-22(16-23)26-18-35-29-24(26)5-3-9-34-29)17-36-30(39)25-6-4-10-38(31(25)40)19-20-7-8-27(32)28(33)15-20/h3-10,13-16,18H,11-12,17,19H2,1-2H3,(H,34,35)(H,36,39). The molecule has 0 atom stereocenters. The van der Waals surface area contributed by atoms with E-state index in [0.29, 0.717) is 17.9 Å². The van der Waals surface area contributed by atoms with E-state index in [1.165, 1.54) is 22.9 Å². The van der Waals surface area contributed by atoms with Gasteiger partial charge in [0.25, 0.3) is 11.5 Å². The fourth-order valence-electron chi connectivity index (χ4n) is 4.49. The van der Waals surface area contributed by atoms with Crippen LogP contribution in [-0.2, 0) is 13.1 Å². The fraction of sp³-hybridized carbons (Fsp3) is 0.194. The van der Waals surface area contributed by atoms with Gasteiger partial charge in [-0.1, -0.05) is 6.07 Å². The van der Waals surface area contributed by atoms with Crippen LogP contribution in [0.25, 0.3) is 22.2 Å². The molecule has 41 heavy (non-hydrogen) atoms. The molecule has 1 amide bonds. The van der Waals surface area contributed by atoms with E-state index in [0.717, 1.165) is 46.4 Å². The Morgan fingerprint density at radius 2 is 1.90 bits per heavy atom. The highest BCUT2D eigenvalue weighted by Gasteiger charge is 2.15. The zero-order valence-electron chi connectivity index (χ0n) is 22.7. The number of likely N-dealkylation sites (N-methyl/N-ethyl adjacent to an activating group) is 1. The first-order valence-corrected chi connectivity index (χ1v) is 13.0. The maximum atomic E-state index is 13.6. The van der Waals surface area contributed by atoms with Gasteiger partial charge in [-0.25, -0.2) is 13.8 Å². The Morgan fingerprint density at radius 3 is 2.71 bits per heavy atom. The first-order chi connectivity index (χ1) is 19.8. The van der Waals surface area contributed by atoms with Gasteiger partial charge in [-0.05, 0) is 85.4 Å². The predicted molar refractivity (Wildman–Crippen MR) is 153 cm³/mol. The van der Waals surface area contributed by atoms with E-state index < -0.39 is 23.1 Å². The minimum Gasteiger partial charge on any atom is -0.492 e. The lowest BCUT2D eigenvalue weighted by Gasteiger charge is -2.14. The van der Waals surface area contributed by atoms with Crippen LogP contribution in [0.15, 0.2) is 84.0 Å². The van der Waals surface area contributed by atoms with Gasteiger partial charge < -0.3 is 24.5 Å². The van der Waals surface area contributed by atoms with Crippen LogP contribution in [0.4, 0.5) is 8.78 Å². The van der Waals surface area contributed by atoms with Crippen molar-refractivity contribution in [1.29, 1.82) is 0 Å². The highest BCUT2D eigenvalue weighted by atomic mass is 19.2. The number of hydrogen-bond acceptors (Lipinski definition) is 5. The Labute approximate surface area is 235 Å². The summed E-state index contributed by atoms with van der Waals surface area (Å²) in [6.07, 6.45) is 5.11. The minimum absolute atomic E-state index is 0.00761. The number of aromatic nitrogens is 3. The van der Waals surface area contributed by atoms with Gasteiger partial charge in [-0.3, -0.25) is 9.59 Å². The molecule has 0 saturated carbocycles. The molecule has 210 valence electrons. The van der Waals surface area contributed by atoms with Crippen LogP contribution in [0.5, 0.6) is 5.75 Å². The summed E-state index contributed by atoms with van der Waals surface area (Å²) in [5.74, 6) is -1.86. The summed E-state index contributed by atoms with van der Waals surface area (Å²) in [6, 6.07) is 16.1. The van der Waals surface area contributed by atoms with Gasteiger partial charge in [0.15, 0.2) is 11.6 Å². The van der Waals surface area contributed by atoms with Gasteiger partial charge in [0, 0.05) is 42.6 Å². The monoisotopic (exact) mass is 557 g/mol. The molecule has 0 aliphatic rings. The van der Waals surface area contributed by atoms with Crippen molar-refractivity contribution in [2.24, 2.45) is 0 Å². The Balaban J connectivity index is 1.37. The Morgan fingerprint density at radius 1 is 1.05 bits per heavy atom. The minimum atomic E-state index is -0.999. The van der Waals surface area contributed by atoms with Crippen molar-refractivity contribution in [3.8, 4) is 16.9 Å². The number of halogens is 2. The number of ether oxygens (including phenoxy) is 1. The quantitative estimate of drug-likeness (QED) is 0.262. The Kier molecular flexibility index (Phi) is 8.21. The number of nitrogens with zero attached hydrogens (tertiary/aromatic N) is 3. The van der Waals surface area contributed by atoms with Gasteiger partial charge in [-0.15, -0.1) is 0 Å². The van der Waals surface area contributed by atoms with Crippen LogP contribution in [0, 0.1) is 11.6 Å². The molecular weight excluding hydrogens is 528 g/mol. The third-order valence-corrected chi connectivity index (χ3v) is 6.59. The summed E-state index contributed by atoms with van der Waals surface area (Å²) in [5, 5.41) is 3.79. The van der Waals surface area contributed by atoms with Gasteiger partial charge in [0.2, 0.25) is 0 Å². The predicted octanol–water partition coefficient (Wildman–Crippen LogP) is 4.59. The molecule has 0 radical (unpaired) electrons. The average Bonchev–Trinajstić information content (AvgIpc) is 3.39. The van der Waals surface area contributed by atoms with E-state index in [9.17, 15) is 18.4 Å². The largest absolute Gasteiger partial charge is 0.492 e. The second-order valence-corrected chi connectivity index (χ2v) is 9.91. The number of nitrogens with one attached hydrogen (secondary N) is 2. The van der Waals surface area contributed by atoms with E-state index >= 15 is 0 Å². The third-order valence-electron chi connectivity index (χ3n) is 6.59. The molecule has 0 unspecified atom stereocenters. The molecule has 5 aromatic rings. The number of benzene rings is 2. The number of hydrogen-bond donors (Lipinski definition) is 2. The molecule has 8 nitrogen and oxygen atoms in total. The van der Waals surface area contributed by atoms with Crippen LogP contribution in [0.1, 0.15) is 21.5 Å². The molecular formula is C31H29F2N5O3. The number of pyridine rings is 2. The van der Waals surface area contributed by atoms with Crippen molar-refractivity contribution in [2.75, 3.05) is 27.2 Å².